The lowest BCUT2D eigenvalue weighted by Gasteiger charge is -2.15. The molecule has 1 aromatic carbocycles. The molecule has 1 atom stereocenters. The van der Waals surface area contributed by atoms with E-state index in [1.54, 1.807) is 42.7 Å². The molecule has 0 saturated heterocycles. The average molecular weight is 316 g/mol. The van der Waals surface area contributed by atoms with Crippen LogP contribution in [0.2, 0.25) is 0 Å². The summed E-state index contributed by atoms with van der Waals surface area (Å²) < 4.78 is 0. The molecule has 0 aliphatic carbocycles. The second kappa shape index (κ2) is 7.56. The molecule has 0 spiro atoms. The van der Waals surface area contributed by atoms with Gasteiger partial charge in [0.25, 0.3) is 5.91 Å². The summed E-state index contributed by atoms with van der Waals surface area (Å²) in [5.41, 5.74) is 6.00. The molecule has 1 heterocycles. The van der Waals surface area contributed by atoms with Crippen LogP contribution in [-0.4, -0.2) is 27.0 Å². The number of para-hydroxylation sites is 1. The minimum absolute atomic E-state index is 0.214. The molecule has 1 unspecified atom stereocenters. The van der Waals surface area contributed by atoms with Gasteiger partial charge in [0.05, 0.1) is 16.5 Å². The van der Waals surface area contributed by atoms with E-state index in [-0.39, 0.29) is 16.7 Å². The fraction of sp³-hybridized carbons (Fsp3) is 0.200. The van der Waals surface area contributed by atoms with E-state index in [9.17, 15) is 9.59 Å². The van der Waals surface area contributed by atoms with E-state index in [2.05, 4.69) is 15.3 Å². The predicted octanol–water partition coefficient (Wildman–Crippen LogP) is 2.08. The first-order valence-electron chi connectivity index (χ1n) is 6.75. The first-order chi connectivity index (χ1) is 10.6. The number of rotatable bonds is 6. The molecule has 0 fully saturated rings. The molecule has 6 nitrogen and oxygen atoms in total. The Morgan fingerprint density at radius 2 is 1.91 bits per heavy atom. The summed E-state index contributed by atoms with van der Waals surface area (Å²) >= 11 is 1.28. The lowest BCUT2D eigenvalue weighted by Crippen LogP contribution is -2.26. The van der Waals surface area contributed by atoms with E-state index >= 15 is 0 Å². The van der Waals surface area contributed by atoms with Gasteiger partial charge < -0.3 is 11.1 Å². The molecular weight excluding hydrogens is 300 g/mol. The van der Waals surface area contributed by atoms with E-state index in [1.807, 2.05) is 6.92 Å². The maximum Gasteiger partial charge on any atom is 0.250 e. The van der Waals surface area contributed by atoms with Gasteiger partial charge in [0.2, 0.25) is 5.91 Å². The third-order valence-electron chi connectivity index (χ3n) is 2.90. The topological polar surface area (TPSA) is 98.0 Å². The molecule has 0 saturated carbocycles. The van der Waals surface area contributed by atoms with Gasteiger partial charge in [0.15, 0.2) is 5.16 Å². The lowest BCUT2D eigenvalue weighted by atomic mass is 10.1. The standard InChI is InChI=1S/C15H16N4O2S/c1-2-12(22-15-17-8-5-9-18-15)14(21)19-11-7-4-3-6-10(11)13(16)20/h3-9,12H,2H2,1H3,(H2,16,20)(H,19,21). The van der Waals surface area contributed by atoms with E-state index in [4.69, 9.17) is 5.73 Å². The van der Waals surface area contributed by atoms with Crippen molar-refractivity contribution in [2.24, 2.45) is 5.73 Å². The Labute approximate surface area is 132 Å². The van der Waals surface area contributed by atoms with Crippen LogP contribution in [0.5, 0.6) is 0 Å². The quantitative estimate of drug-likeness (QED) is 0.628. The minimum atomic E-state index is -0.581. The summed E-state index contributed by atoms with van der Waals surface area (Å²) in [6, 6.07) is 8.37. The van der Waals surface area contributed by atoms with Crippen molar-refractivity contribution in [3.63, 3.8) is 0 Å². The molecule has 2 aromatic rings. The highest BCUT2D eigenvalue weighted by Crippen LogP contribution is 2.23. The van der Waals surface area contributed by atoms with Crippen molar-refractivity contribution in [2.75, 3.05) is 5.32 Å². The molecule has 7 heteroatoms. The van der Waals surface area contributed by atoms with Gasteiger partial charge in [-0.3, -0.25) is 9.59 Å². The van der Waals surface area contributed by atoms with Crippen LogP contribution in [0.15, 0.2) is 47.9 Å². The maximum atomic E-state index is 12.4. The number of primary amides is 1. The van der Waals surface area contributed by atoms with Crippen LogP contribution < -0.4 is 11.1 Å². The van der Waals surface area contributed by atoms with Crippen molar-refractivity contribution in [3.05, 3.63) is 48.3 Å². The Morgan fingerprint density at radius 1 is 1.23 bits per heavy atom. The number of nitrogens with zero attached hydrogens (tertiary/aromatic N) is 2. The Morgan fingerprint density at radius 3 is 2.55 bits per heavy atom. The van der Waals surface area contributed by atoms with Gasteiger partial charge in [0.1, 0.15) is 0 Å². The van der Waals surface area contributed by atoms with E-state index < -0.39 is 5.91 Å². The van der Waals surface area contributed by atoms with Gasteiger partial charge in [-0.2, -0.15) is 0 Å². The zero-order valence-electron chi connectivity index (χ0n) is 12.0. The van der Waals surface area contributed by atoms with Crippen LogP contribution in [0.3, 0.4) is 0 Å². The van der Waals surface area contributed by atoms with Crippen molar-refractivity contribution in [3.8, 4) is 0 Å². The lowest BCUT2D eigenvalue weighted by molar-refractivity contribution is -0.115. The number of anilines is 1. The highest BCUT2D eigenvalue weighted by atomic mass is 32.2. The summed E-state index contributed by atoms with van der Waals surface area (Å²) in [7, 11) is 0. The Balaban J connectivity index is 2.11. The molecule has 0 bridgehead atoms. The molecule has 0 aliphatic heterocycles. The van der Waals surface area contributed by atoms with Crippen molar-refractivity contribution in [1.29, 1.82) is 0 Å². The predicted molar refractivity (Wildman–Crippen MR) is 85.6 cm³/mol. The van der Waals surface area contributed by atoms with Gasteiger partial charge >= 0.3 is 0 Å². The fourth-order valence-corrected chi connectivity index (χ4v) is 2.65. The normalized spacial score (nSPS) is 11.7. The third-order valence-corrected chi connectivity index (χ3v) is 4.16. The number of nitrogens with one attached hydrogen (secondary N) is 1. The van der Waals surface area contributed by atoms with Crippen LogP contribution in [0.4, 0.5) is 5.69 Å². The summed E-state index contributed by atoms with van der Waals surface area (Å²) in [6.45, 7) is 1.90. The molecular formula is C15H16N4O2S. The van der Waals surface area contributed by atoms with Crippen molar-refractivity contribution < 1.29 is 9.59 Å². The van der Waals surface area contributed by atoms with E-state index in [1.165, 1.54) is 11.8 Å². The first-order valence-corrected chi connectivity index (χ1v) is 7.63. The Hall–Kier alpha value is -2.41. The number of carbonyl (C=O) groups excluding carboxylic acids is 2. The number of hydrogen-bond acceptors (Lipinski definition) is 5. The molecule has 2 rings (SSSR count). The summed E-state index contributed by atoms with van der Waals surface area (Å²) in [4.78, 5) is 32.0. The number of amides is 2. The fourth-order valence-electron chi connectivity index (χ4n) is 1.82. The number of aromatic nitrogens is 2. The van der Waals surface area contributed by atoms with Crippen LogP contribution in [-0.2, 0) is 4.79 Å². The van der Waals surface area contributed by atoms with Crippen molar-refractivity contribution >= 4 is 29.3 Å². The number of carbonyl (C=O) groups is 2. The number of thioether (sulfide) groups is 1. The highest BCUT2D eigenvalue weighted by Gasteiger charge is 2.20. The SMILES string of the molecule is CCC(Sc1ncccn1)C(=O)Nc1ccccc1C(N)=O. The number of nitrogens with two attached hydrogens (primary N) is 1. The van der Waals surface area contributed by atoms with Crippen LogP contribution in [0.25, 0.3) is 0 Å². The second-order valence-corrected chi connectivity index (χ2v) is 5.62. The zero-order chi connectivity index (χ0) is 15.9. The van der Waals surface area contributed by atoms with Gasteiger partial charge in [-0.15, -0.1) is 0 Å². The van der Waals surface area contributed by atoms with Gasteiger partial charge in [-0.05, 0) is 24.6 Å². The zero-order valence-corrected chi connectivity index (χ0v) is 12.8. The van der Waals surface area contributed by atoms with Gasteiger partial charge in [-0.1, -0.05) is 30.8 Å². The molecule has 0 aliphatic rings. The van der Waals surface area contributed by atoms with Crippen LogP contribution in [0, 0.1) is 0 Å². The number of benzene rings is 1. The largest absolute Gasteiger partial charge is 0.366 e. The summed E-state index contributed by atoms with van der Waals surface area (Å²) in [6.07, 6.45) is 3.86. The average Bonchev–Trinajstić information content (AvgIpc) is 2.53. The van der Waals surface area contributed by atoms with Crippen molar-refractivity contribution in [1.82, 2.24) is 9.97 Å². The van der Waals surface area contributed by atoms with Crippen LogP contribution in [0.1, 0.15) is 23.7 Å². The molecule has 22 heavy (non-hydrogen) atoms. The highest BCUT2D eigenvalue weighted by molar-refractivity contribution is 8.00. The molecule has 114 valence electrons. The molecule has 0 radical (unpaired) electrons. The monoisotopic (exact) mass is 316 g/mol. The van der Waals surface area contributed by atoms with Crippen molar-refractivity contribution in [2.45, 2.75) is 23.8 Å². The Bertz CT molecular complexity index is 664. The third kappa shape index (κ3) is 4.05. The molecule has 2 amide bonds. The first kappa shape index (κ1) is 16.0. The smallest absolute Gasteiger partial charge is 0.250 e. The molecule has 3 N–H and O–H groups in total. The van der Waals surface area contributed by atoms with Gasteiger partial charge in [-0.25, -0.2) is 9.97 Å². The van der Waals surface area contributed by atoms with E-state index in [0.29, 0.717) is 17.3 Å². The maximum absolute atomic E-state index is 12.4. The number of hydrogen-bond donors (Lipinski definition) is 2. The van der Waals surface area contributed by atoms with E-state index in [0.717, 1.165) is 0 Å². The summed E-state index contributed by atoms with van der Waals surface area (Å²) in [5, 5.41) is 2.92. The molecule has 1 aromatic heterocycles. The second-order valence-electron chi connectivity index (χ2n) is 4.45. The van der Waals surface area contributed by atoms with Gasteiger partial charge in [0, 0.05) is 12.4 Å². The minimum Gasteiger partial charge on any atom is -0.366 e. The Kier molecular flexibility index (Phi) is 5.48. The summed E-state index contributed by atoms with van der Waals surface area (Å²) in [5.74, 6) is -0.795. The van der Waals surface area contributed by atoms with Crippen LogP contribution >= 0.6 is 11.8 Å².